The maximum atomic E-state index is 12.7. The molecule has 1 aliphatic heterocycles. The highest BCUT2D eigenvalue weighted by Crippen LogP contribution is 2.28. The van der Waals surface area contributed by atoms with E-state index in [-0.39, 0.29) is 18.2 Å². The van der Waals surface area contributed by atoms with Crippen LogP contribution in [0.4, 0.5) is 0 Å². The molecule has 1 aliphatic rings. The van der Waals surface area contributed by atoms with Crippen LogP contribution in [0.3, 0.4) is 0 Å². The van der Waals surface area contributed by atoms with Gasteiger partial charge in [-0.15, -0.1) is 0 Å². The lowest BCUT2D eigenvalue weighted by Crippen LogP contribution is -2.31. The van der Waals surface area contributed by atoms with E-state index in [1.807, 2.05) is 31.2 Å². The summed E-state index contributed by atoms with van der Waals surface area (Å²) in [5, 5.41) is 0. The summed E-state index contributed by atoms with van der Waals surface area (Å²) in [4.78, 5) is 35.7. The van der Waals surface area contributed by atoms with Gasteiger partial charge in [0, 0.05) is 18.1 Å². The molecule has 0 saturated carbocycles. The van der Waals surface area contributed by atoms with Crippen molar-refractivity contribution in [1.82, 2.24) is 0 Å². The highest BCUT2D eigenvalue weighted by Gasteiger charge is 2.34. The molecule has 1 heterocycles. The number of benzene rings is 3. The van der Waals surface area contributed by atoms with E-state index in [1.54, 1.807) is 48.5 Å². The van der Waals surface area contributed by atoms with Crippen LogP contribution in [-0.2, 0) is 14.3 Å². The van der Waals surface area contributed by atoms with E-state index in [4.69, 9.17) is 18.9 Å². The van der Waals surface area contributed by atoms with Crippen molar-refractivity contribution in [3.63, 3.8) is 0 Å². The molecule has 0 amide bonds. The summed E-state index contributed by atoms with van der Waals surface area (Å²) in [7, 11) is 0. The molecule has 0 aromatic heterocycles. The van der Waals surface area contributed by atoms with E-state index in [9.17, 15) is 14.4 Å². The zero-order valence-corrected chi connectivity index (χ0v) is 21.1. The molecule has 1 saturated heterocycles. The first-order chi connectivity index (χ1) is 18.4. The van der Waals surface area contributed by atoms with Crippen molar-refractivity contribution in [3.8, 4) is 28.4 Å². The third-order valence-corrected chi connectivity index (χ3v) is 6.00. The zero-order valence-electron chi connectivity index (χ0n) is 21.1. The Balaban J connectivity index is 1.35. The molecule has 0 N–H and O–H groups in total. The van der Waals surface area contributed by atoms with E-state index >= 15 is 0 Å². The lowest BCUT2D eigenvalue weighted by Gasteiger charge is -2.23. The van der Waals surface area contributed by atoms with Gasteiger partial charge in [0.2, 0.25) is 0 Å². The highest BCUT2D eigenvalue weighted by atomic mass is 16.6. The van der Waals surface area contributed by atoms with Crippen LogP contribution in [-0.4, -0.2) is 30.1 Å². The van der Waals surface area contributed by atoms with Crippen LogP contribution < -0.4 is 14.2 Å². The SMILES string of the molecule is C=CC(=O)Oc1ccc(-c2ccc(OC(=O)c3ccc(OC(CCC)C4CC(=C)C(=O)O4)cc3)cc2)cc1. The van der Waals surface area contributed by atoms with Gasteiger partial charge in [-0.1, -0.05) is 50.8 Å². The van der Waals surface area contributed by atoms with Crippen molar-refractivity contribution in [3.05, 3.63) is 103 Å². The molecule has 0 radical (unpaired) electrons. The monoisotopic (exact) mass is 512 g/mol. The zero-order chi connectivity index (χ0) is 27.1. The first kappa shape index (κ1) is 26.4. The largest absolute Gasteiger partial charge is 0.487 e. The van der Waals surface area contributed by atoms with E-state index < -0.39 is 11.9 Å². The summed E-state index contributed by atoms with van der Waals surface area (Å²) in [5.41, 5.74) is 2.65. The smallest absolute Gasteiger partial charge is 0.343 e. The molecule has 3 aromatic rings. The van der Waals surface area contributed by atoms with Crippen LogP contribution >= 0.6 is 0 Å². The molecule has 194 valence electrons. The third-order valence-electron chi connectivity index (χ3n) is 6.00. The molecule has 0 spiro atoms. The molecule has 2 unspecified atom stereocenters. The quantitative estimate of drug-likeness (QED) is 0.185. The van der Waals surface area contributed by atoms with Gasteiger partial charge in [0.15, 0.2) is 0 Å². The maximum absolute atomic E-state index is 12.7. The predicted octanol–water partition coefficient (Wildman–Crippen LogP) is 6.08. The van der Waals surface area contributed by atoms with Gasteiger partial charge in [-0.25, -0.2) is 14.4 Å². The number of rotatable bonds is 10. The molecule has 7 heteroatoms. The molecule has 1 fully saturated rings. The second kappa shape index (κ2) is 12.1. The third kappa shape index (κ3) is 6.56. The Bertz CT molecular complexity index is 1310. The van der Waals surface area contributed by atoms with Gasteiger partial charge in [-0.2, -0.15) is 0 Å². The lowest BCUT2D eigenvalue weighted by molar-refractivity contribution is -0.142. The number of cyclic esters (lactones) is 1. The maximum Gasteiger partial charge on any atom is 0.343 e. The second-order valence-corrected chi connectivity index (χ2v) is 8.78. The topological polar surface area (TPSA) is 88.1 Å². The van der Waals surface area contributed by atoms with Crippen LogP contribution in [0.15, 0.2) is 97.6 Å². The van der Waals surface area contributed by atoms with Gasteiger partial charge < -0.3 is 18.9 Å². The molecule has 2 atom stereocenters. The standard InChI is InChI=1S/C31H28O7/c1-4-6-27(28-19-20(3)30(33)38-28)35-24-17-11-23(12-18-24)31(34)37-26-15-9-22(10-16-26)21-7-13-25(14-8-21)36-29(32)5-2/h5,7-18,27-28H,2-4,6,19H2,1H3. The van der Waals surface area contributed by atoms with Crippen LogP contribution in [0.1, 0.15) is 36.5 Å². The van der Waals surface area contributed by atoms with Crippen molar-refractivity contribution in [2.75, 3.05) is 0 Å². The second-order valence-electron chi connectivity index (χ2n) is 8.78. The number of esters is 3. The fourth-order valence-electron chi connectivity index (χ4n) is 4.00. The van der Waals surface area contributed by atoms with Gasteiger partial charge in [-0.3, -0.25) is 0 Å². The number of hydrogen-bond donors (Lipinski definition) is 0. The van der Waals surface area contributed by atoms with Crippen molar-refractivity contribution in [2.24, 2.45) is 0 Å². The number of carbonyl (C=O) groups is 3. The summed E-state index contributed by atoms with van der Waals surface area (Å²) in [6, 6.07) is 20.8. The predicted molar refractivity (Wildman–Crippen MR) is 142 cm³/mol. The molecule has 0 bridgehead atoms. The average Bonchev–Trinajstić information content (AvgIpc) is 3.27. The Morgan fingerprint density at radius 1 is 0.921 bits per heavy atom. The van der Waals surface area contributed by atoms with Crippen LogP contribution in [0, 0.1) is 0 Å². The van der Waals surface area contributed by atoms with Crippen molar-refractivity contribution in [2.45, 2.75) is 38.4 Å². The Morgan fingerprint density at radius 3 is 1.97 bits per heavy atom. The van der Waals surface area contributed by atoms with E-state index in [1.165, 1.54) is 0 Å². The molecule has 4 rings (SSSR count). The summed E-state index contributed by atoms with van der Waals surface area (Å²) in [6.45, 7) is 9.15. The van der Waals surface area contributed by atoms with Crippen molar-refractivity contribution in [1.29, 1.82) is 0 Å². The van der Waals surface area contributed by atoms with Gasteiger partial charge in [0.1, 0.15) is 29.5 Å². The first-order valence-corrected chi connectivity index (χ1v) is 12.3. The summed E-state index contributed by atoms with van der Waals surface area (Å²) >= 11 is 0. The minimum Gasteiger partial charge on any atom is -0.487 e. The fraction of sp³-hybridized carbons (Fsp3) is 0.194. The van der Waals surface area contributed by atoms with Gasteiger partial charge in [-0.05, 0) is 66.1 Å². The fourth-order valence-corrected chi connectivity index (χ4v) is 4.00. The molecule has 38 heavy (non-hydrogen) atoms. The normalized spacial score (nSPS) is 15.3. The summed E-state index contributed by atoms with van der Waals surface area (Å²) < 4.78 is 22.1. The summed E-state index contributed by atoms with van der Waals surface area (Å²) in [6.07, 6.45) is 2.48. The average molecular weight is 513 g/mol. The molecule has 3 aromatic carbocycles. The number of carbonyl (C=O) groups excluding carboxylic acids is 3. The first-order valence-electron chi connectivity index (χ1n) is 12.3. The van der Waals surface area contributed by atoms with Gasteiger partial charge >= 0.3 is 17.9 Å². The Morgan fingerprint density at radius 2 is 1.47 bits per heavy atom. The Kier molecular flexibility index (Phi) is 8.38. The van der Waals surface area contributed by atoms with Crippen LogP contribution in [0.25, 0.3) is 11.1 Å². The summed E-state index contributed by atoms with van der Waals surface area (Å²) in [5.74, 6) is 0.00770. The van der Waals surface area contributed by atoms with E-state index in [2.05, 4.69) is 13.2 Å². The molecular formula is C31H28O7. The van der Waals surface area contributed by atoms with E-state index in [0.29, 0.717) is 34.8 Å². The lowest BCUT2D eigenvalue weighted by atomic mass is 10.0. The van der Waals surface area contributed by atoms with Gasteiger partial charge in [0.25, 0.3) is 0 Å². The Hall–Kier alpha value is -4.65. The molecule has 7 nitrogen and oxygen atoms in total. The molecule has 0 aliphatic carbocycles. The minimum atomic E-state index is -0.519. The van der Waals surface area contributed by atoms with Crippen molar-refractivity contribution < 1.29 is 33.3 Å². The molecular weight excluding hydrogens is 484 g/mol. The Labute approximate surface area is 221 Å². The minimum absolute atomic E-state index is 0.294. The van der Waals surface area contributed by atoms with Gasteiger partial charge in [0.05, 0.1) is 5.56 Å². The number of hydrogen-bond acceptors (Lipinski definition) is 7. The van der Waals surface area contributed by atoms with Crippen LogP contribution in [0.5, 0.6) is 17.2 Å². The van der Waals surface area contributed by atoms with E-state index in [0.717, 1.165) is 30.0 Å². The highest BCUT2D eigenvalue weighted by molar-refractivity contribution is 5.91. The van der Waals surface area contributed by atoms with Crippen LogP contribution in [0.2, 0.25) is 0 Å². The number of ether oxygens (including phenoxy) is 4. The van der Waals surface area contributed by atoms with Crippen molar-refractivity contribution >= 4 is 17.9 Å².